The molecule has 0 radical (unpaired) electrons. The van der Waals surface area contributed by atoms with Crippen molar-refractivity contribution in [2.75, 3.05) is 26.3 Å². The summed E-state index contributed by atoms with van der Waals surface area (Å²) in [7, 11) is 1.72. The van der Waals surface area contributed by atoms with Crippen LogP contribution in [-0.2, 0) is 17.2 Å². The molecule has 102 valence electrons. The lowest BCUT2D eigenvalue weighted by Crippen LogP contribution is -2.53. The highest BCUT2D eigenvalue weighted by Gasteiger charge is 2.40. The van der Waals surface area contributed by atoms with E-state index in [1.807, 2.05) is 12.1 Å². The van der Waals surface area contributed by atoms with E-state index < -0.39 is 0 Å². The third kappa shape index (κ3) is 1.89. The molecule has 0 saturated carbocycles. The molecule has 0 bridgehead atoms. The van der Waals surface area contributed by atoms with Gasteiger partial charge in [0.05, 0.1) is 24.1 Å². The lowest BCUT2D eigenvalue weighted by molar-refractivity contribution is -0.0587. The van der Waals surface area contributed by atoms with Gasteiger partial charge in [-0.05, 0) is 24.2 Å². The van der Waals surface area contributed by atoms with E-state index in [2.05, 4.69) is 18.3 Å². The van der Waals surface area contributed by atoms with Crippen LogP contribution in [0.2, 0.25) is 0 Å². The van der Waals surface area contributed by atoms with Crippen molar-refractivity contribution < 1.29 is 9.15 Å². The Morgan fingerprint density at radius 1 is 1.42 bits per heavy atom. The van der Waals surface area contributed by atoms with Crippen molar-refractivity contribution in [3.05, 3.63) is 34.3 Å². The van der Waals surface area contributed by atoms with E-state index in [1.165, 1.54) is 10.1 Å². The van der Waals surface area contributed by atoms with Crippen molar-refractivity contribution in [3.8, 4) is 0 Å². The minimum absolute atomic E-state index is 0.0125. The molecule has 1 saturated heterocycles. The molecule has 5 nitrogen and oxygen atoms in total. The van der Waals surface area contributed by atoms with Crippen molar-refractivity contribution in [3.63, 3.8) is 0 Å². The fraction of sp³-hybridized carbons (Fsp3) is 0.500. The number of hydrogen-bond donors (Lipinski definition) is 1. The first-order valence-electron chi connectivity index (χ1n) is 6.55. The number of likely N-dealkylation sites (N-methyl/N-ethyl adjacent to an activating group) is 1. The van der Waals surface area contributed by atoms with Crippen molar-refractivity contribution >= 4 is 11.1 Å². The molecule has 3 rings (SSSR count). The highest BCUT2D eigenvalue weighted by molar-refractivity contribution is 5.74. The quantitative estimate of drug-likeness (QED) is 0.893. The standard InChI is InChI=1S/C14H18N2O3/c1-3-15-7-14(8-18-9-14)10-4-5-11-12(6-10)19-13(17)16(11)2/h4-6,15H,3,7-9H2,1-2H3. The van der Waals surface area contributed by atoms with Crippen LogP contribution in [0.1, 0.15) is 12.5 Å². The van der Waals surface area contributed by atoms with E-state index in [9.17, 15) is 4.79 Å². The van der Waals surface area contributed by atoms with Crippen LogP contribution in [0, 0.1) is 0 Å². The molecule has 1 aliphatic rings. The van der Waals surface area contributed by atoms with Gasteiger partial charge < -0.3 is 14.5 Å². The van der Waals surface area contributed by atoms with E-state index >= 15 is 0 Å². The van der Waals surface area contributed by atoms with Gasteiger partial charge in [-0.2, -0.15) is 0 Å². The van der Waals surface area contributed by atoms with Gasteiger partial charge in [-0.1, -0.05) is 13.0 Å². The van der Waals surface area contributed by atoms with Crippen LogP contribution < -0.4 is 11.1 Å². The fourth-order valence-corrected chi connectivity index (χ4v) is 2.55. The Hall–Kier alpha value is -1.59. The lowest BCUT2D eigenvalue weighted by Gasteiger charge is -2.42. The first-order valence-corrected chi connectivity index (χ1v) is 6.55. The molecule has 2 aromatic rings. The summed E-state index contributed by atoms with van der Waals surface area (Å²) in [6.45, 7) is 5.33. The summed E-state index contributed by atoms with van der Waals surface area (Å²) >= 11 is 0. The SMILES string of the molecule is CCNCC1(c2ccc3c(c2)oc(=O)n3C)COC1. The van der Waals surface area contributed by atoms with E-state index in [0.29, 0.717) is 18.8 Å². The van der Waals surface area contributed by atoms with Gasteiger partial charge in [-0.3, -0.25) is 4.57 Å². The minimum Gasteiger partial charge on any atom is -0.408 e. The average molecular weight is 262 g/mol. The third-order valence-electron chi connectivity index (χ3n) is 3.87. The summed E-state index contributed by atoms with van der Waals surface area (Å²) in [6, 6.07) is 5.98. The second-order valence-electron chi connectivity index (χ2n) is 5.16. The number of nitrogens with zero attached hydrogens (tertiary/aromatic N) is 1. The molecule has 1 N–H and O–H groups in total. The van der Waals surface area contributed by atoms with Gasteiger partial charge in [0.15, 0.2) is 5.58 Å². The summed E-state index contributed by atoms with van der Waals surface area (Å²) in [4.78, 5) is 11.5. The highest BCUT2D eigenvalue weighted by Crippen LogP contribution is 2.33. The summed E-state index contributed by atoms with van der Waals surface area (Å²) in [5.41, 5.74) is 2.65. The predicted octanol–water partition coefficient (Wildman–Crippen LogP) is 1.01. The molecule has 0 amide bonds. The number of benzene rings is 1. The Bertz CT molecular complexity index is 652. The number of oxazole rings is 1. The molecule has 1 aromatic heterocycles. The van der Waals surface area contributed by atoms with Crippen LogP contribution in [-0.4, -0.2) is 30.9 Å². The van der Waals surface area contributed by atoms with Crippen LogP contribution in [0.3, 0.4) is 0 Å². The number of hydrogen-bond acceptors (Lipinski definition) is 4. The Labute approximate surface area is 111 Å². The third-order valence-corrected chi connectivity index (χ3v) is 3.87. The number of fused-ring (bicyclic) bond motifs is 1. The molecular formula is C14H18N2O3. The smallest absolute Gasteiger partial charge is 0.408 e. The number of aryl methyl sites for hydroxylation is 1. The molecule has 0 aliphatic carbocycles. The number of nitrogens with one attached hydrogen (secondary N) is 1. The molecule has 0 unspecified atom stereocenters. The first kappa shape index (κ1) is 12.4. The van der Waals surface area contributed by atoms with Crippen LogP contribution >= 0.6 is 0 Å². The maximum absolute atomic E-state index is 11.5. The Morgan fingerprint density at radius 2 is 2.21 bits per heavy atom. The zero-order valence-corrected chi connectivity index (χ0v) is 11.2. The molecule has 1 aromatic carbocycles. The van der Waals surface area contributed by atoms with Crippen LogP contribution in [0.4, 0.5) is 0 Å². The van der Waals surface area contributed by atoms with Crippen molar-refractivity contribution in [1.29, 1.82) is 0 Å². The fourth-order valence-electron chi connectivity index (χ4n) is 2.55. The predicted molar refractivity (Wildman–Crippen MR) is 72.5 cm³/mol. The van der Waals surface area contributed by atoms with E-state index in [-0.39, 0.29) is 11.2 Å². The maximum atomic E-state index is 11.5. The number of aromatic nitrogens is 1. The Kier molecular flexibility index (Phi) is 2.95. The van der Waals surface area contributed by atoms with Gasteiger partial charge in [-0.15, -0.1) is 0 Å². The topological polar surface area (TPSA) is 56.4 Å². The largest absolute Gasteiger partial charge is 0.419 e. The lowest BCUT2D eigenvalue weighted by atomic mass is 9.78. The Balaban J connectivity index is 2.02. The van der Waals surface area contributed by atoms with E-state index in [0.717, 1.165) is 18.6 Å². The molecule has 0 spiro atoms. The zero-order valence-electron chi connectivity index (χ0n) is 11.2. The molecular weight excluding hydrogens is 244 g/mol. The first-order chi connectivity index (χ1) is 9.16. The molecule has 5 heteroatoms. The normalized spacial score (nSPS) is 17.6. The van der Waals surface area contributed by atoms with Crippen molar-refractivity contribution in [2.45, 2.75) is 12.3 Å². The van der Waals surface area contributed by atoms with Crippen LogP contribution in [0.25, 0.3) is 11.1 Å². The number of rotatable bonds is 4. The van der Waals surface area contributed by atoms with E-state index in [1.54, 1.807) is 7.05 Å². The zero-order chi connectivity index (χ0) is 13.5. The summed E-state index contributed by atoms with van der Waals surface area (Å²) in [6.07, 6.45) is 0. The second kappa shape index (κ2) is 4.51. The molecule has 19 heavy (non-hydrogen) atoms. The molecule has 1 fully saturated rings. The van der Waals surface area contributed by atoms with Crippen molar-refractivity contribution in [1.82, 2.24) is 9.88 Å². The van der Waals surface area contributed by atoms with Gasteiger partial charge in [0.1, 0.15) is 0 Å². The summed E-state index contributed by atoms with van der Waals surface area (Å²) < 4.78 is 12.2. The second-order valence-corrected chi connectivity index (χ2v) is 5.16. The molecule has 1 aliphatic heterocycles. The highest BCUT2D eigenvalue weighted by atomic mass is 16.5. The van der Waals surface area contributed by atoms with Gasteiger partial charge in [0, 0.05) is 13.6 Å². The summed E-state index contributed by atoms with van der Waals surface area (Å²) in [5.74, 6) is -0.322. The molecule has 2 heterocycles. The maximum Gasteiger partial charge on any atom is 0.419 e. The number of ether oxygens (including phenoxy) is 1. The molecule has 0 atom stereocenters. The Morgan fingerprint density at radius 3 is 2.84 bits per heavy atom. The van der Waals surface area contributed by atoms with E-state index in [4.69, 9.17) is 9.15 Å². The monoisotopic (exact) mass is 262 g/mol. The summed E-state index contributed by atoms with van der Waals surface area (Å²) in [5, 5.41) is 3.38. The van der Waals surface area contributed by atoms with Gasteiger partial charge in [0.2, 0.25) is 0 Å². The van der Waals surface area contributed by atoms with Gasteiger partial charge in [-0.25, -0.2) is 4.79 Å². The van der Waals surface area contributed by atoms with Crippen molar-refractivity contribution in [2.24, 2.45) is 7.05 Å². The van der Waals surface area contributed by atoms with Crippen LogP contribution in [0.5, 0.6) is 0 Å². The average Bonchev–Trinajstić information content (AvgIpc) is 2.64. The minimum atomic E-state index is -0.322. The van der Waals surface area contributed by atoms with Gasteiger partial charge >= 0.3 is 5.76 Å². The van der Waals surface area contributed by atoms with Crippen LogP contribution in [0.15, 0.2) is 27.4 Å². The van der Waals surface area contributed by atoms with Gasteiger partial charge in [0.25, 0.3) is 0 Å².